The van der Waals surface area contributed by atoms with E-state index in [1.54, 1.807) is 26.1 Å². The van der Waals surface area contributed by atoms with Gasteiger partial charge in [0.25, 0.3) is 11.8 Å². The molecule has 0 radical (unpaired) electrons. The number of rotatable bonds is 20. The number of nitrogens with zero attached hydrogens (tertiary/aromatic N) is 3. The quantitative estimate of drug-likeness (QED) is 0.0946. The Kier molecular flexibility index (Phi) is 16.8. The summed E-state index contributed by atoms with van der Waals surface area (Å²) in [6.45, 7) is 10.4. The van der Waals surface area contributed by atoms with E-state index in [2.05, 4.69) is 16.0 Å². The largest absolute Gasteiger partial charge is 0.387 e. The van der Waals surface area contributed by atoms with Gasteiger partial charge in [-0.25, -0.2) is 13.6 Å². The van der Waals surface area contributed by atoms with Crippen molar-refractivity contribution in [1.29, 1.82) is 0 Å². The fraction of sp³-hybridized carbons (Fsp3) is 0.477. The van der Waals surface area contributed by atoms with E-state index < -0.39 is 83.2 Å². The fourth-order valence-electron chi connectivity index (χ4n) is 7.06. The van der Waals surface area contributed by atoms with Crippen LogP contribution in [0.3, 0.4) is 0 Å². The van der Waals surface area contributed by atoms with Gasteiger partial charge in [-0.05, 0) is 60.9 Å². The molecule has 4 N–H and O–H groups in total. The average molecular weight is 851 g/mol. The zero-order chi connectivity index (χ0) is 45.0. The van der Waals surface area contributed by atoms with E-state index in [1.807, 2.05) is 55.7 Å². The Morgan fingerprint density at radius 3 is 2.18 bits per heavy atom. The van der Waals surface area contributed by atoms with Crippen molar-refractivity contribution in [3.05, 3.63) is 83.7 Å². The summed E-state index contributed by atoms with van der Waals surface area (Å²) in [5, 5.41) is 18.6. The molecule has 1 aromatic heterocycles. The topological polar surface area (TPSA) is 196 Å². The van der Waals surface area contributed by atoms with Gasteiger partial charge in [-0.1, -0.05) is 65.0 Å². The monoisotopic (exact) mass is 850 g/mol. The molecule has 15 nitrogen and oxygen atoms in total. The minimum absolute atomic E-state index is 0.0281. The van der Waals surface area contributed by atoms with Gasteiger partial charge in [-0.3, -0.25) is 28.8 Å². The van der Waals surface area contributed by atoms with Crippen LogP contribution in [0.2, 0.25) is 0 Å². The Morgan fingerprint density at radius 1 is 0.885 bits per heavy atom. The van der Waals surface area contributed by atoms with Crippen molar-refractivity contribution in [2.24, 2.45) is 11.3 Å². The van der Waals surface area contributed by atoms with Crippen LogP contribution >= 0.6 is 0 Å². The van der Waals surface area contributed by atoms with E-state index in [0.29, 0.717) is 22.9 Å². The second-order valence-corrected chi connectivity index (χ2v) is 16.5. The normalized spacial score (nSPS) is 14.4. The number of aromatic nitrogens is 1. The molecule has 0 saturated carbocycles. The van der Waals surface area contributed by atoms with Gasteiger partial charge in [0.05, 0.1) is 6.04 Å². The molecule has 4 rings (SSSR count). The number of benzene rings is 2. The first-order valence-electron chi connectivity index (χ1n) is 20.3. The van der Waals surface area contributed by atoms with Crippen LogP contribution in [0.5, 0.6) is 0 Å². The highest BCUT2D eigenvalue weighted by atomic mass is 19.1. The van der Waals surface area contributed by atoms with Crippen molar-refractivity contribution in [1.82, 2.24) is 30.5 Å². The molecule has 3 atom stereocenters. The van der Waals surface area contributed by atoms with Crippen LogP contribution < -0.4 is 16.0 Å². The van der Waals surface area contributed by atoms with Crippen LogP contribution in [0, 0.1) is 23.0 Å². The lowest BCUT2D eigenvalue weighted by molar-refractivity contribution is -0.197. The molecule has 6 amide bonds. The number of amides is 6. The van der Waals surface area contributed by atoms with Gasteiger partial charge in [0.2, 0.25) is 23.6 Å². The molecule has 0 spiro atoms. The number of halogens is 2. The molecule has 0 bridgehead atoms. The number of carbonyl (C=O) groups is 7. The van der Waals surface area contributed by atoms with E-state index in [-0.39, 0.29) is 63.1 Å². The molecule has 330 valence electrons. The highest BCUT2D eigenvalue weighted by molar-refractivity contribution is 6.01. The van der Waals surface area contributed by atoms with Gasteiger partial charge >= 0.3 is 5.97 Å². The Bertz CT molecular complexity index is 2050. The lowest BCUT2D eigenvalue weighted by Gasteiger charge is -2.41. The van der Waals surface area contributed by atoms with E-state index >= 15 is 4.39 Å². The van der Waals surface area contributed by atoms with Crippen molar-refractivity contribution < 1.29 is 52.3 Å². The van der Waals surface area contributed by atoms with Gasteiger partial charge in [0.15, 0.2) is 0 Å². The van der Waals surface area contributed by atoms with Crippen molar-refractivity contribution in [3.63, 3.8) is 0 Å². The summed E-state index contributed by atoms with van der Waals surface area (Å²) in [5.74, 6) is -5.92. The number of imide groups is 1. The van der Waals surface area contributed by atoms with E-state index in [1.165, 1.54) is 11.8 Å². The first kappa shape index (κ1) is 47.7. The van der Waals surface area contributed by atoms with Crippen molar-refractivity contribution in [2.45, 2.75) is 105 Å². The third-order valence-corrected chi connectivity index (χ3v) is 10.1. The molecule has 0 aliphatic carbocycles. The molecule has 1 saturated heterocycles. The summed E-state index contributed by atoms with van der Waals surface area (Å²) in [6, 6.07) is 11.8. The minimum Gasteiger partial charge on any atom is -0.387 e. The third-order valence-electron chi connectivity index (χ3n) is 10.1. The standard InChI is InChI=1S/C44H56F2N6O9/c1-27(2)40(49-35(54)14-10-15-39(58)61-52-36(55)18-19-37(52)56)43(60)48-28(3)42(59)47-20-11-21-51(38(57)26-53)41(44(4,5)6)34-22-30(32-23-31(45)16-17-33(32)46)25-50(34)24-29-12-8-7-9-13-29/h7-9,12-13,16-17,22-23,25,27-28,40-41,53H,10-11,14-15,18-21,24,26H2,1-6H3,(H,47,59)(H,48,60)(H,49,54)/t28-,40?,41-/m0/s1. The number of hydrogen-bond acceptors (Lipinski definition) is 9. The molecule has 61 heavy (non-hydrogen) atoms. The summed E-state index contributed by atoms with van der Waals surface area (Å²) < 4.78 is 31.3. The molecular formula is C44H56F2N6O9. The Morgan fingerprint density at radius 2 is 1.56 bits per heavy atom. The van der Waals surface area contributed by atoms with E-state index in [0.717, 1.165) is 23.8 Å². The highest BCUT2D eigenvalue weighted by Crippen LogP contribution is 2.41. The van der Waals surface area contributed by atoms with Gasteiger partial charge < -0.3 is 35.4 Å². The number of nitrogens with one attached hydrogen (secondary N) is 3. The molecule has 1 unspecified atom stereocenters. The fourth-order valence-corrected chi connectivity index (χ4v) is 7.06. The first-order valence-corrected chi connectivity index (χ1v) is 20.3. The molecule has 1 aliphatic rings. The second-order valence-electron chi connectivity index (χ2n) is 16.5. The number of aliphatic hydroxyl groups is 1. The lowest BCUT2D eigenvalue weighted by Crippen LogP contribution is -2.54. The minimum atomic E-state index is -1.02. The number of hydrogen-bond donors (Lipinski definition) is 4. The predicted molar refractivity (Wildman–Crippen MR) is 219 cm³/mol. The summed E-state index contributed by atoms with van der Waals surface area (Å²) >= 11 is 0. The molecular weight excluding hydrogens is 795 g/mol. The molecule has 3 aromatic rings. The van der Waals surface area contributed by atoms with Crippen molar-refractivity contribution in [2.75, 3.05) is 19.7 Å². The SMILES string of the molecule is CC(C)C(NC(=O)CCCC(=O)ON1C(=O)CCC1=O)C(=O)N[C@@H](C)C(=O)NCCCN(C(=O)CO)[C@@H](c1cc(-c2cc(F)ccc2F)cn1Cc1ccccc1)C(C)(C)C. The maximum absolute atomic E-state index is 15.1. The van der Waals surface area contributed by atoms with Crippen LogP contribution in [0.15, 0.2) is 60.8 Å². The highest BCUT2D eigenvalue weighted by Gasteiger charge is 2.37. The Hall–Kier alpha value is -5.97. The van der Waals surface area contributed by atoms with E-state index in [4.69, 9.17) is 4.84 Å². The summed E-state index contributed by atoms with van der Waals surface area (Å²) in [5.41, 5.74) is 1.38. The van der Waals surface area contributed by atoms with Crippen molar-refractivity contribution >= 4 is 41.4 Å². The first-order chi connectivity index (χ1) is 28.8. The third kappa shape index (κ3) is 13.3. The summed E-state index contributed by atoms with van der Waals surface area (Å²) in [4.78, 5) is 94.2. The molecule has 1 fully saturated rings. The zero-order valence-electron chi connectivity index (χ0n) is 35.5. The van der Waals surface area contributed by atoms with E-state index in [9.17, 15) is 43.1 Å². The Balaban J connectivity index is 1.38. The van der Waals surface area contributed by atoms with Crippen LogP contribution in [0.25, 0.3) is 11.1 Å². The molecule has 1 aliphatic heterocycles. The van der Waals surface area contributed by atoms with Gasteiger partial charge in [-0.15, -0.1) is 5.06 Å². The number of aliphatic hydroxyl groups excluding tert-OH is 1. The Labute approximate surface area is 354 Å². The summed E-state index contributed by atoms with van der Waals surface area (Å²) in [7, 11) is 0. The zero-order valence-corrected chi connectivity index (χ0v) is 35.5. The summed E-state index contributed by atoms with van der Waals surface area (Å²) in [6.07, 6.45) is 1.51. The smallest absolute Gasteiger partial charge is 0.333 e. The second kappa shape index (κ2) is 21.5. The average Bonchev–Trinajstić information content (AvgIpc) is 3.75. The lowest BCUT2D eigenvalue weighted by atomic mass is 9.83. The molecule has 2 aromatic carbocycles. The van der Waals surface area contributed by atoms with Crippen LogP contribution in [0.1, 0.15) is 97.4 Å². The van der Waals surface area contributed by atoms with Crippen LogP contribution in [0.4, 0.5) is 8.78 Å². The maximum Gasteiger partial charge on any atom is 0.333 e. The van der Waals surface area contributed by atoms with Crippen LogP contribution in [-0.4, -0.2) is 92.8 Å². The number of hydroxylamine groups is 2. The van der Waals surface area contributed by atoms with Gasteiger partial charge in [0.1, 0.15) is 30.3 Å². The maximum atomic E-state index is 15.1. The molecule has 2 heterocycles. The molecule has 17 heteroatoms. The predicted octanol–water partition coefficient (Wildman–Crippen LogP) is 4.32. The van der Waals surface area contributed by atoms with Crippen molar-refractivity contribution in [3.8, 4) is 11.1 Å². The van der Waals surface area contributed by atoms with Gasteiger partial charge in [0, 0.05) is 68.3 Å². The van der Waals surface area contributed by atoms with Crippen LogP contribution in [-0.2, 0) is 44.9 Å². The van der Waals surface area contributed by atoms with Gasteiger partial charge in [-0.2, -0.15) is 0 Å². The number of carbonyl (C=O) groups excluding carboxylic acids is 7.